The maximum Gasteiger partial charge on any atom is 0.494 e. The Morgan fingerprint density at radius 3 is 1.29 bits per heavy atom. The number of aromatic nitrogens is 10. The van der Waals surface area contributed by atoms with Crippen molar-refractivity contribution < 1.29 is 51.8 Å². The number of hydrogen-bond acceptors (Lipinski definition) is 26. The molecule has 5 aliphatic heterocycles. The fourth-order valence-electron chi connectivity index (χ4n) is 11.5. The third kappa shape index (κ3) is 19.2. The van der Waals surface area contributed by atoms with Crippen LogP contribution in [0.4, 0.5) is 32.2 Å². The number of fused-ring (bicyclic) bond motifs is 6. The van der Waals surface area contributed by atoms with Gasteiger partial charge in [0, 0.05) is 73.9 Å². The van der Waals surface area contributed by atoms with Gasteiger partial charge < -0.3 is 68.9 Å². The summed E-state index contributed by atoms with van der Waals surface area (Å²) in [6.45, 7) is 34.9. The normalized spacial score (nSPS) is 17.9. The van der Waals surface area contributed by atoms with Gasteiger partial charge in [0.15, 0.2) is 38.0 Å². The summed E-state index contributed by atoms with van der Waals surface area (Å²) < 4.78 is 56.6. The Morgan fingerprint density at radius 1 is 0.468 bits per heavy atom. The Labute approximate surface area is 669 Å². The number of halogens is 3. The summed E-state index contributed by atoms with van der Waals surface area (Å²) >= 11 is 18.5. The number of nitrogens with zero attached hydrogens (tertiary/aromatic N) is 12. The van der Waals surface area contributed by atoms with Crippen molar-refractivity contribution in [3.05, 3.63) is 124 Å². The summed E-state index contributed by atoms with van der Waals surface area (Å²) in [4.78, 5) is 64.0. The highest BCUT2D eigenvalue weighted by atomic mass is 79.9. The van der Waals surface area contributed by atoms with Crippen LogP contribution in [-0.4, -0.2) is 174 Å². The molecule has 5 fully saturated rings. The number of morpholine rings is 2. The number of carbonyl (C=O) groups excluding carboxylic acids is 3. The van der Waals surface area contributed by atoms with Gasteiger partial charge in [-0.05, 0) is 191 Å². The molecule has 0 bridgehead atoms. The lowest BCUT2D eigenvalue weighted by molar-refractivity contribution is -0.115. The maximum atomic E-state index is 11.3. The Kier molecular flexibility index (Phi) is 24.6. The van der Waals surface area contributed by atoms with Crippen molar-refractivity contribution in [1.29, 1.82) is 0 Å². The minimum absolute atomic E-state index is 0.0943. The van der Waals surface area contributed by atoms with E-state index in [-0.39, 0.29) is 63.7 Å². The Morgan fingerprint density at radius 2 is 0.844 bits per heavy atom. The second-order valence-corrected chi connectivity index (χ2v) is 35.3. The SMILES string of the molecule is CC(=O)Nc1nc2ccc(-c3nc(N4CCOCC4)c4cccn4n3)cc2s1.CC(=O)Nc1nc2ccc(B3OC(C)(C)C(C)(C)O3)cc2s1.CC(=O)Nc1nc2ccc(Br)cc2s1.CC1(C)OB(B2OC(C)(C)C(C)(C)O2)OC1(C)C.Clc1nc(N2CCOCC2)c2cccn2n1.Nc1nc2ccc(Br)cc2s1. The number of hydrogen-bond donors (Lipinski definition) is 4. The molecule has 109 heavy (non-hydrogen) atoms. The number of thiazole rings is 4. The molecule has 3 amide bonds. The minimum Gasteiger partial charge on any atom is -0.405 e. The van der Waals surface area contributed by atoms with Gasteiger partial charge in [-0.3, -0.25) is 14.4 Å². The molecule has 13 heterocycles. The van der Waals surface area contributed by atoms with Crippen LogP contribution in [0.25, 0.3) is 63.3 Å². The first-order valence-electron chi connectivity index (χ1n) is 35.1. The molecule has 37 heteroatoms. The van der Waals surface area contributed by atoms with E-state index in [1.54, 1.807) is 4.52 Å². The fourth-order valence-corrected chi connectivity index (χ4v) is 16.3. The number of rotatable bonds is 8. The second-order valence-electron chi connectivity index (χ2n) is 29.0. The van der Waals surface area contributed by atoms with Crippen LogP contribution in [-0.2, 0) is 51.8 Å². The van der Waals surface area contributed by atoms with Crippen molar-refractivity contribution in [2.75, 3.05) is 84.1 Å². The monoisotopic (exact) mass is 1700 g/mol. The number of nitrogens with one attached hydrogen (secondary N) is 3. The van der Waals surface area contributed by atoms with E-state index >= 15 is 0 Å². The van der Waals surface area contributed by atoms with Crippen molar-refractivity contribution in [3.63, 3.8) is 0 Å². The lowest BCUT2D eigenvalue weighted by Gasteiger charge is -2.32. The second kappa shape index (κ2) is 33.1. The van der Waals surface area contributed by atoms with Gasteiger partial charge in [0.25, 0.3) is 0 Å². The molecule has 0 unspecified atom stereocenters. The van der Waals surface area contributed by atoms with Crippen LogP contribution >= 0.6 is 88.8 Å². The van der Waals surface area contributed by atoms with Crippen LogP contribution in [0.15, 0.2) is 118 Å². The van der Waals surface area contributed by atoms with Crippen LogP contribution in [0.3, 0.4) is 0 Å². The first kappa shape index (κ1) is 81.1. The summed E-state index contributed by atoms with van der Waals surface area (Å²) in [6.07, 6.45) is 3.80. The third-order valence-corrected chi connectivity index (χ3v) is 24.0. The van der Waals surface area contributed by atoms with Crippen molar-refractivity contribution in [2.24, 2.45) is 0 Å². The van der Waals surface area contributed by atoms with Crippen LogP contribution in [0.2, 0.25) is 5.28 Å². The predicted molar refractivity (Wildman–Crippen MR) is 445 cm³/mol. The van der Waals surface area contributed by atoms with Gasteiger partial charge in [-0.15, -0.1) is 10.2 Å². The topological polar surface area (TPSA) is 306 Å². The summed E-state index contributed by atoms with van der Waals surface area (Å²) in [5.41, 5.74) is 10.8. The largest absolute Gasteiger partial charge is 0.494 e. The number of ether oxygens (including phenoxy) is 2. The van der Waals surface area contributed by atoms with E-state index < -0.39 is 14.0 Å². The lowest BCUT2D eigenvalue weighted by atomic mass is 9.49. The first-order valence-corrected chi connectivity index (χ1v) is 40.3. The van der Waals surface area contributed by atoms with Gasteiger partial charge in [0.2, 0.25) is 23.0 Å². The van der Waals surface area contributed by atoms with Crippen molar-refractivity contribution in [2.45, 2.75) is 137 Å². The van der Waals surface area contributed by atoms with Crippen LogP contribution in [0, 0.1) is 0 Å². The number of anilines is 6. The lowest BCUT2D eigenvalue weighted by Crippen LogP contribution is -2.41. The standard InChI is InChI=1S/C19H18N6O2S.C15H19BN2O3S.C12H24B2O4.C10H11ClN4O.C9H7BrN2OS.C7H5BrN2S/c1-12(26)20-19-21-14-5-4-13(11-16(14)28-19)17-22-18(24-7-9-27-10-8-24)15-3-2-6-25(15)23-17;1-9(19)17-13-18-11-7-6-10(8-12(11)22-13)16-20-14(2,3)15(4,5)21-16;1-9(2)10(3,4)16-13(15-9)14-17-11(5,6)12(7,8)18-14;11-10-12-9(14-4-6-16-7-5-14)8-2-1-3-15(8)13-10;1-5(13)11-9-12-7-3-2-6(10)4-8(7)14-9;8-4-1-2-5-6(3-4)11-7(9)10-5/h2-6,11H,7-10H2,1H3,(H,20,21,26);6-8H,1-5H3,(H,17,18,19);1-8H3;1-3H,4-7H2;2-4H,1H3,(H,11,12,13);1-3H,(H2,9,10). The highest BCUT2D eigenvalue weighted by Gasteiger charge is 2.64. The number of nitrogen functional groups attached to an aromatic ring is 1. The molecule has 17 rings (SSSR count). The van der Waals surface area contributed by atoms with Crippen molar-refractivity contribution in [3.8, 4) is 11.4 Å². The highest BCUT2D eigenvalue weighted by molar-refractivity contribution is 9.10. The molecule has 0 saturated carbocycles. The summed E-state index contributed by atoms with van der Waals surface area (Å²) in [5.74, 6) is 2.11. The molecule has 0 spiro atoms. The molecule has 27 nitrogen and oxygen atoms in total. The van der Waals surface area contributed by atoms with E-state index in [9.17, 15) is 14.4 Å². The smallest absolute Gasteiger partial charge is 0.405 e. The van der Waals surface area contributed by atoms with Gasteiger partial charge >= 0.3 is 21.1 Å². The molecule has 0 aliphatic carbocycles. The summed E-state index contributed by atoms with van der Waals surface area (Å²) in [6, 6.07) is 31.5. The van der Waals surface area contributed by atoms with Crippen LogP contribution in [0.1, 0.15) is 104 Å². The van der Waals surface area contributed by atoms with Crippen LogP contribution < -0.4 is 36.9 Å². The molecule has 12 aromatic rings. The Hall–Kier alpha value is -7.39. The first-order chi connectivity index (χ1) is 51.5. The molecule has 0 radical (unpaired) electrons. The summed E-state index contributed by atoms with van der Waals surface area (Å²) in [5, 5.41) is 19.6. The van der Waals surface area contributed by atoms with Crippen molar-refractivity contribution in [1.82, 2.24) is 49.1 Å². The van der Waals surface area contributed by atoms with E-state index in [0.29, 0.717) is 39.6 Å². The quantitative estimate of drug-likeness (QED) is 0.103. The fraction of sp³-hybridized carbons (Fsp3) is 0.403. The molecular formula is C72H84B3Br2ClN16O11S4. The number of nitrogens with two attached hydrogens (primary N) is 1. The highest BCUT2D eigenvalue weighted by Crippen LogP contribution is 2.44. The van der Waals surface area contributed by atoms with Gasteiger partial charge in [-0.2, -0.15) is 4.98 Å². The molecule has 4 aromatic carbocycles. The minimum atomic E-state index is -0.476. The van der Waals surface area contributed by atoms with Gasteiger partial charge in [-0.25, -0.2) is 34.0 Å². The van der Waals surface area contributed by atoms with E-state index in [2.05, 4.69) is 92.7 Å². The van der Waals surface area contributed by atoms with E-state index in [0.717, 1.165) is 123 Å². The number of benzene rings is 4. The molecule has 5 N–H and O–H groups in total. The number of amides is 3. The number of carbonyl (C=O) groups is 3. The zero-order chi connectivity index (χ0) is 78.1. The zero-order valence-corrected chi connectivity index (χ0v) is 70.2. The van der Waals surface area contributed by atoms with Gasteiger partial charge in [0.05, 0.1) is 101 Å². The zero-order valence-electron chi connectivity index (χ0n) is 63.0. The molecule has 5 aliphatic rings. The molecule has 5 saturated heterocycles. The third-order valence-electron chi connectivity index (χ3n) is 19.3. The van der Waals surface area contributed by atoms with Gasteiger partial charge in [0.1, 0.15) is 11.0 Å². The Bertz CT molecular complexity index is 5220. The summed E-state index contributed by atoms with van der Waals surface area (Å²) in [7, 11) is -1.34. The average Bonchev–Trinajstić information content (AvgIpc) is 1.60. The van der Waals surface area contributed by atoms with E-state index in [1.165, 1.54) is 66.1 Å². The molecule has 8 aromatic heterocycles. The van der Waals surface area contributed by atoms with E-state index in [1.807, 2.05) is 197 Å². The average molecular weight is 1710 g/mol. The van der Waals surface area contributed by atoms with Gasteiger partial charge in [-0.1, -0.05) is 83.3 Å². The Balaban J connectivity index is 0.000000125. The maximum absolute atomic E-state index is 11.3. The molecule has 0 atom stereocenters. The molecule has 572 valence electrons. The van der Waals surface area contributed by atoms with E-state index in [4.69, 9.17) is 59.7 Å². The predicted octanol–water partition coefficient (Wildman–Crippen LogP) is 14.5. The van der Waals surface area contributed by atoms with Crippen molar-refractivity contribution >= 4 is 217 Å². The van der Waals surface area contributed by atoms with Crippen LogP contribution in [0.5, 0.6) is 0 Å². The molecular weight excluding hydrogens is 1620 g/mol.